The van der Waals surface area contributed by atoms with Gasteiger partial charge in [0.1, 0.15) is 10.8 Å². The largest absolute Gasteiger partial charge is 0.382 e. The Kier molecular flexibility index (Phi) is 8.20. The van der Waals surface area contributed by atoms with Crippen molar-refractivity contribution in [1.29, 1.82) is 0 Å². The van der Waals surface area contributed by atoms with Crippen LogP contribution in [0.5, 0.6) is 0 Å². The van der Waals surface area contributed by atoms with Crippen molar-refractivity contribution in [3.63, 3.8) is 0 Å². The lowest BCUT2D eigenvalue weighted by Gasteiger charge is -2.09. The Bertz CT molecular complexity index is 366. The van der Waals surface area contributed by atoms with E-state index in [1.54, 1.807) is 13.3 Å². The first-order valence-electron chi connectivity index (χ1n) is 6.35. The molecule has 2 N–H and O–H groups in total. The van der Waals surface area contributed by atoms with Crippen molar-refractivity contribution in [2.75, 3.05) is 50.7 Å². The van der Waals surface area contributed by atoms with Crippen LogP contribution in [0.2, 0.25) is 5.02 Å². The molecule has 1 heterocycles. The van der Waals surface area contributed by atoms with Crippen LogP contribution in [0.25, 0.3) is 0 Å². The van der Waals surface area contributed by atoms with Crippen LogP contribution < -0.4 is 10.6 Å². The van der Waals surface area contributed by atoms with E-state index in [1.165, 1.54) is 0 Å². The third-order valence-corrected chi connectivity index (χ3v) is 2.55. The molecule has 7 heteroatoms. The third-order valence-electron chi connectivity index (χ3n) is 2.27. The first kappa shape index (κ1) is 15.9. The zero-order valence-electron chi connectivity index (χ0n) is 11.4. The van der Waals surface area contributed by atoms with Crippen LogP contribution in [0.1, 0.15) is 13.3 Å². The lowest BCUT2D eigenvalue weighted by Crippen LogP contribution is -2.10. The Morgan fingerprint density at radius 2 is 2.11 bits per heavy atom. The molecule has 0 aliphatic heterocycles. The smallest absolute Gasteiger partial charge is 0.224 e. The molecule has 1 aromatic rings. The monoisotopic (exact) mass is 288 g/mol. The summed E-state index contributed by atoms with van der Waals surface area (Å²) in [6.07, 6.45) is 2.46. The minimum atomic E-state index is 0.516. The fraction of sp³-hybridized carbons (Fsp3) is 0.667. The van der Waals surface area contributed by atoms with Gasteiger partial charge in [0.05, 0.1) is 19.4 Å². The summed E-state index contributed by atoms with van der Waals surface area (Å²) >= 11 is 6.01. The molecular weight excluding hydrogens is 268 g/mol. The molecule has 0 unspecified atom stereocenters. The van der Waals surface area contributed by atoms with Gasteiger partial charge in [0.2, 0.25) is 5.95 Å². The molecular formula is C12H21ClN4O2. The lowest BCUT2D eigenvalue weighted by atomic mass is 10.4. The summed E-state index contributed by atoms with van der Waals surface area (Å²) < 4.78 is 10.2. The van der Waals surface area contributed by atoms with Gasteiger partial charge in [-0.25, -0.2) is 4.98 Å². The van der Waals surface area contributed by atoms with Crippen LogP contribution in [0, 0.1) is 0 Å². The van der Waals surface area contributed by atoms with Gasteiger partial charge >= 0.3 is 0 Å². The Balaban J connectivity index is 2.26. The van der Waals surface area contributed by atoms with Gasteiger partial charge < -0.3 is 20.1 Å². The van der Waals surface area contributed by atoms with Crippen LogP contribution in [-0.2, 0) is 9.47 Å². The maximum Gasteiger partial charge on any atom is 0.224 e. The van der Waals surface area contributed by atoms with Gasteiger partial charge in [0.15, 0.2) is 0 Å². The molecule has 0 bridgehead atoms. The first-order chi connectivity index (χ1) is 9.27. The number of aromatic nitrogens is 2. The van der Waals surface area contributed by atoms with E-state index >= 15 is 0 Å². The molecule has 0 aromatic carbocycles. The predicted octanol–water partition coefficient (Wildman–Crippen LogP) is 2.03. The SMILES string of the molecule is CCNc1ncc(Cl)c(NCCCOCCOC)n1. The van der Waals surface area contributed by atoms with Gasteiger partial charge in [-0.2, -0.15) is 4.98 Å². The summed E-state index contributed by atoms with van der Waals surface area (Å²) in [7, 11) is 1.66. The highest BCUT2D eigenvalue weighted by Crippen LogP contribution is 2.19. The Morgan fingerprint density at radius 3 is 2.84 bits per heavy atom. The topological polar surface area (TPSA) is 68.3 Å². The highest BCUT2D eigenvalue weighted by molar-refractivity contribution is 6.32. The van der Waals surface area contributed by atoms with Crippen molar-refractivity contribution in [3.8, 4) is 0 Å². The fourth-order valence-corrected chi connectivity index (χ4v) is 1.52. The minimum absolute atomic E-state index is 0.516. The van der Waals surface area contributed by atoms with Gasteiger partial charge in [0.25, 0.3) is 0 Å². The van der Waals surface area contributed by atoms with E-state index in [0.717, 1.165) is 19.5 Å². The lowest BCUT2D eigenvalue weighted by molar-refractivity contribution is 0.0705. The second kappa shape index (κ2) is 9.77. The molecule has 0 saturated heterocycles. The van der Waals surface area contributed by atoms with Gasteiger partial charge in [-0.15, -0.1) is 0 Å². The van der Waals surface area contributed by atoms with Gasteiger partial charge in [-0.1, -0.05) is 11.6 Å². The summed E-state index contributed by atoms with van der Waals surface area (Å²) in [6.45, 7) is 5.43. The molecule has 19 heavy (non-hydrogen) atoms. The van der Waals surface area contributed by atoms with Crippen LogP contribution in [0.4, 0.5) is 11.8 Å². The van der Waals surface area contributed by atoms with Crippen LogP contribution in [-0.4, -0.2) is 50.0 Å². The van der Waals surface area contributed by atoms with Gasteiger partial charge in [0, 0.05) is 26.8 Å². The molecule has 6 nitrogen and oxygen atoms in total. The molecule has 1 aromatic heterocycles. The van der Waals surface area contributed by atoms with Crippen LogP contribution in [0.15, 0.2) is 6.20 Å². The van der Waals surface area contributed by atoms with E-state index < -0.39 is 0 Å². The normalized spacial score (nSPS) is 10.5. The molecule has 108 valence electrons. The third kappa shape index (κ3) is 6.56. The van der Waals surface area contributed by atoms with Crippen molar-refractivity contribution in [1.82, 2.24) is 9.97 Å². The van der Waals surface area contributed by atoms with Crippen molar-refractivity contribution in [2.24, 2.45) is 0 Å². The zero-order chi connectivity index (χ0) is 13.9. The molecule has 0 fully saturated rings. The number of nitrogens with zero attached hydrogens (tertiary/aromatic N) is 2. The summed E-state index contributed by atoms with van der Waals surface area (Å²) in [5.41, 5.74) is 0. The summed E-state index contributed by atoms with van der Waals surface area (Å²) in [4.78, 5) is 8.36. The summed E-state index contributed by atoms with van der Waals surface area (Å²) in [5, 5.41) is 6.72. The number of anilines is 2. The average molecular weight is 289 g/mol. The molecule has 0 aliphatic rings. The summed E-state index contributed by atoms with van der Waals surface area (Å²) in [5.74, 6) is 1.22. The number of methoxy groups -OCH3 is 1. The van der Waals surface area contributed by atoms with Crippen molar-refractivity contribution < 1.29 is 9.47 Å². The molecule has 0 saturated carbocycles. The second-order valence-corrected chi connectivity index (χ2v) is 4.21. The van der Waals surface area contributed by atoms with Gasteiger partial charge in [-0.3, -0.25) is 0 Å². The molecule has 0 aliphatic carbocycles. The predicted molar refractivity (Wildman–Crippen MR) is 77.0 cm³/mol. The maximum absolute atomic E-state index is 6.01. The van der Waals surface area contributed by atoms with Crippen LogP contribution >= 0.6 is 11.6 Å². The number of ether oxygens (including phenoxy) is 2. The van der Waals surface area contributed by atoms with E-state index in [2.05, 4.69) is 20.6 Å². The standard InChI is InChI=1S/C12H21ClN4O2/c1-3-14-12-16-9-10(13)11(17-12)15-5-4-6-19-8-7-18-2/h9H,3-8H2,1-2H3,(H2,14,15,16,17). The number of hydrogen-bond donors (Lipinski definition) is 2. The maximum atomic E-state index is 6.01. The first-order valence-corrected chi connectivity index (χ1v) is 6.72. The van der Waals surface area contributed by atoms with E-state index in [-0.39, 0.29) is 0 Å². The highest BCUT2D eigenvalue weighted by atomic mass is 35.5. The average Bonchev–Trinajstić information content (AvgIpc) is 2.41. The van der Waals surface area contributed by atoms with E-state index in [0.29, 0.717) is 36.6 Å². The highest BCUT2D eigenvalue weighted by Gasteiger charge is 2.04. The molecule has 0 amide bonds. The van der Waals surface area contributed by atoms with Crippen molar-refractivity contribution >= 4 is 23.4 Å². The van der Waals surface area contributed by atoms with E-state index in [9.17, 15) is 0 Å². The summed E-state index contributed by atoms with van der Waals surface area (Å²) in [6, 6.07) is 0. The Hall–Kier alpha value is -1.11. The quantitative estimate of drug-likeness (QED) is 0.642. The number of rotatable bonds is 10. The Morgan fingerprint density at radius 1 is 1.26 bits per heavy atom. The second-order valence-electron chi connectivity index (χ2n) is 3.81. The van der Waals surface area contributed by atoms with Crippen molar-refractivity contribution in [3.05, 3.63) is 11.2 Å². The Labute approximate surface area is 118 Å². The fourth-order valence-electron chi connectivity index (χ4n) is 1.36. The number of halogens is 1. The zero-order valence-corrected chi connectivity index (χ0v) is 12.2. The van der Waals surface area contributed by atoms with E-state index in [4.69, 9.17) is 21.1 Å². The van der Waals surface area contributed by atoms with Crippen molar-refractivity contribution in [2.45, 2.75) is 13.3 Å². The number of nitrogens with one attached hydrogen (secondary N) is 2. The minimum Gasteiger partial charge on any atom is -0.382 e. The molecule has 1 rings (SSSR count). The van der Waals surface area contributed by atoms with Gasteiger partial charge in [-0.05, 0) is 13.3 Å². The van der Waals surface area contributed by atoms with Crippen LogP contribution in [0.3, 0.4) is 0 Å². The molecule has 0 spiro atoms. The number of hydrogen-bond acceptors (Lipinski definition) is 6. The molecule has 0 radical (unpaired) electrons. The molecule has 0 atom stereocenters. The van der Waals surface area contributed by atoms with E-state index in [1.807, 2.05) is 6.92 Å².